The maximum atomic E-state index is 13.4. The topological polar surface area (TPSA) is 46.6 Å². The summed E-state index contributed by atoms with van der Waals surface area (Å²) in [5.41, 5.74) is 7.16. The van der Waals surface area contributed by atoms with Crippen molar-refractivity contribution in [1.82, 2.24) is 0 Å². The molecule has 0 bridgehead atoms. The average molecular weight is 496 g/mol. The molecule has 0 fully saturated rings. The molecule has 1 aliphatic carbocycles. The number of hydrogen-bond donors (Lipinski definition) is 0. The Kier molecular flexibility index (Phi) is 7.15. The standard InChI is InChI=1S/C31H26ClNO3/c32-24-15-11-22(12-16-24)6-5-19-33(25-17-13-23(20-34)14-18-25)31(35)36-21-30-28-9-3-1-7-26(28)27-8-2-4-10-29(27)30/h1-4,7-18,20,30H,5-6,19,21H2. The van der Waals surface area contributed by atoms with Gasteiger partial charge in [0.15, 0.2) is 0 Å². The Morgan fingerprint density at radius 2 is 1.44 bits per heavy atom. The number of carbonyl (C=O) groups is 2. The average Bonchev–Trinajstić information content (AvgIpc) is 3.24. The molecular formula is C31H26ClNO3. The lowest BCUT2D eigenvalue weighted by Gasteiger charge is -2.24. The highest BCUT2D eigenvalue weighted by atomic mass is 35.5. The first kappa shape index (κ1) is 23.8. The van der Waals surface area contributed by atoms with Gasteiger partial charge in [-0.3, -0.25) is 9.69 Å². The van der Waals surface area contributed by atoms with E-state index in [1.807, 2.05) is 48.5 Å². The summed E-state index contributed by atoms with van der Waals surface area (Å²) in [7, 11) is 0. The molecule has 0 heterocycles. The number of aryl methyl sites for hydroxylation is 1. The minimum atomic E-state index is -0.396. The second-order valence-corrected chi connectivity index (χ2v) is 9.33. The molecule has 1 aliphatic rings. The van der Waals surface area contributed by atoms with Crippen molar-refractivity contribution < 1.29 is 14.3 Å². The van der Waals surface area contributed by atoms with Crippen molar-refractivity contribution in [2.75, 3.05) is 18.1 Å². The maximum absolute atomic E-state index is 13.4. The smallest absolute Gasteiger partial charge is 0.414 e. The molecule has 0 radical (unpaired) electrons. The van der Waals surface area contributed by atoms with E-state index in [0.717, 1.165) is 24.7 Å². The van der Waals surface area contributed by atoms with Crippen molar-refractivity contribution in [3.05, 3.63) is 124 Å². The van der Waals surface area contributed by atoms with E-state index >= 15 is 0 Å². The van der Waals surface area contributed by atoms with Crippen molar-refractivity contribution in [1.29, 1.82) is 0 Å². The number of halogens is 1. The lowest BCUT2D eigenvalue weighted by Crippen LogP contribution is -2.33. The highest BCUT2D eigenvalue weighted by molar-refractivity contribution is 6.30. The number of ether oxygens (including phenoxy) is 1. The van der Waals surface area contributed by atoms with Crippen molar-refractivity contribution >= 4 is 29.7 Å². The summed E-state index contributed by atoms with van der Waals surface area (Å²) >= 11 is 6.00. The molecule has 0 spiro atoms. The van der Waals surface area contributed by atoms with E-state index in [1.54, 1.807) is 29.2 Å². The number of benzene rings is 4. The van der Waals surface area contributed by atoms with Crippen LogP contribution in [0.2, 0.25) is 5.02 Å². The first-order valence-electron chi connectivity index (χ1n) is 12.1. The highest BCUT2D eigenvalue weighted by Crippen LogP contribution is 2.44. The second kappa shape index (κ2) is 10.8. The van der Waals surface area contributed by atoms with Gasteiger partial charge >= 0.3 is 6.09 Å². The van der Waals surface area contributed by atoms with E-state index in [9.17, 15) is 9.59 Å². The first-order valence-corrected chi connectivity index (χ1v) is 12.4. The van der Waals surface area contributed by atoms with E-state index in [4.69, 9.17) is 16.3 Å². The Morgan fingerprint density at radius 1 is 0.833 bits per heavy atom. The number of fused-ring (bicyclic) bond motifs is 3. The Hall–Kier alpha value is -3.89. The van der Waals surface area contributed by atoms with E-state index in [2.05, 4.69) is 24.3 Å². The number of anilines is 1. The molecule has 0 saturated heterocycles. The maximum Gasteiger partial charge on any atom is 0.414 e. The third-order valence-electron chi connectivity index (χ3n) is 6.66. The van der Waals surface area contributed by atoms with Gasteiger partial charge in [0.05, 0.1) is 0 Å². The number of carbonyl (C=O) groups excluding carboxylic acids is 2. The third-order valence-corrected chi connectivity index (χ3v) is 6.91. The SMILES string of the molecule is O=Cc1ccc(N(CCCc2ccc(Cl)cc2)C(=O)OCC2c3ccccc3-c3ccccc32)cc1. The molecule has 5 heteroatoms. The number of amides is 1. The summed E-state index contributed by atoms with van der Waals surface area (Å²) in [5, 5.41) is 0.703. The number of hydrogen-bond acceptors (Lipinski definition) is 3. The molecule has 4 nitrogen and oxygen atoms in total. The number of aldehydes is 1. The van der Waals surface area contributed by atoms with Crippen LogP contribution in [0, 0.1) is 0 Å². The third kappa shape index (κ3) is 5.05. The molecule has 0 N–H and O–H groups in total. The lowest BCUT2D eigenvalue weighted by molar-refractivity contribution is 0.112. The van der Waals surface area contributed by atoms with Gasteiger partial charge in [-0.05, 0) is 77.1 Å². The van der Waals surface area contributed by atoms with Gasteiger partial charge in [0, 0.05) is 28.7 Å². The molecule has 0 aliphatic heterocycles. The normalized spacial score (nSPS) is 12.0. The molecule has 0 atom stereocenters. The Bertz CT molecular complexity index is 1320. The number of rotatable bonds is 8. The van der Waals surface area contributed by atoms with Gasteiger partial charge in [0.2, 0.25) is 0 Å². The lowest BCUT2D eigenvalue weighted by atomic mass is 9.98. The fourth-order valence-corrected chi connectivity index (χ4v) is 4.95. The van der Waals surface area contributed by atoms with Crippen LogP contribution in [0.3, 0.4) is 0 Å². The van der Waals surface area contributed by atoms with Gasteiger partial charge in [-0.15, -0.1) is 0 Å². The molecule has 0 unspecified atom stereocenters. The predicted molar refractivity (Wildman–Crippen MR) is 144 cm³/mol. The quantitative estimate of drug-likeness (QED) is 0.237. The van der Waals surface area contributed by atoms with Crippen LogP contribution in [-0.4, -0.2) is 25.5 Å². The van der Waals surface area contributed by atoms with Crippen LogP contribution in [0.25, 0.3) is 11.1 Å². The fourth-order valence-electron chi connectivity index (χ4n) is 4.82. The molecule has 180 valence electrons. The largest absolute Gasteiger partial charge is 0.448 e. The zero-order valence-corrected chi connectivity index (χ0v) is 20.5. The zero-order chi connectivity index (χ0) is 24.9. The second-order valence-electron chi connectivity index (χ2n) is 8.90. The van der Waals surface area contributed by atoms with Crippen molar-refractivity contribution in [3.8, 4) is 11.1 Å². The van der Waals surface area contributed by atoms with Gasteiger partial charge in [-0.2, -0.15) is 0 Å². The van der Waals surface area contributed by atoms with E-state index in [-0.39, 0.29) is 12.5 Å². The van der Waals surface area contributed by atoms with Gasteiger partial charge in [-0.1, -0.05) is 72.3 Å². The molecule has 1 amide bonds. The molecule has 36 heavy (non-hydrogen) atoms. The summed E-state index contributed by atoms with van der Waals surface area (Å²) in [5.74, 6) is -0.00490. The Morgan fingerprint density at radius 3 is 2.06 bits per heavy atom. The zero-order valence-electron chi connectivity index (χ0n) is 19.8. The van der Waals surface area contributed by atoms with Crippen LogP contribution < -0.4 is 4.90 Å². The summed E-state index contributed by atoms with van der Waals surface area (Å²) < 4.78 is 5.93. The van der Waals surface area contributed by atoms with Crippen LogP contribution >= 0.6 is 11.6 Å². The molecule has 5 rings (SSSR count). The minimum absolute atomic E-state index is 0.00490. The summed E-state index contributed by atoms with van der Waals surface area (Å²) in [6.45, 7) is 0.743. The monoisotopic (exact) mass is 495 g/mol. The van der Waals surface area contributed by atoms with E-state index < -0.39 is 6.09 Å². The molecule has 4 aromatic carbocycles. The summed E-state index contributed by atoms with van der Waals surface area (Å²) in [4.78, 5) is 26.1. The van der Waals surface area contributed by atoms with Gasteiger partial charge in [0.25, 0.3) is 0 Å². The molecule has 4 aromatic rings. The van der Waals surface area contributed by atoms with Gasteiger partial charge in [-0.25, -0.2) is 4.79 Å². The summed E-state index contributed by atoms with van der Waals surface area (Å²) in [6.07, 6.45) is 1.95. The van der Waals surface area contributed by atoms with E-state index in [1.165, 1.54) is 22.3 Å². The molecule has 0 aromatic heterocycles. The van der Waals surface area contributed by atoms with Gasteiger partial charge < -0.3 is 4.74 Å². The van der Waals surface area contributed by atoms with Crippen molar-refractivity contribution in [2.45, 2.75) is 18.8 Å². The van der Waals surface area contributed by atoms with Crippen molar-refractivity contribution in [3.63, 3.8) is 0 Å². The van der Waals surface area contributed by atoms with Crippen LogP contribution in [0.15, 0.2) is 97.1 Å². The van der Waals surface area contributed by atoms with Crippen LogP contribution in [-0.2, 0) is 11.2 Å². The van der Waals surface area contributed by atoms with Crippen LogP contribution in [0.5, 0.6) is 0 Å². The minimum Gasteiger partial charge on any atom is -0.448 e. The number of nitrogens with zero attached hydrogens (tertiary/aromatic N) is 1. The molecular weight excluding hydrogens is 470 g/mol. The van der Waals surface area contributed by atoms with Crippen LogP contribution in [0.1, 0.15) is 39.4 Å². The van der Waals surface area contributed by atoms with Gasteiger partial charge in [0.1, 0.15) is 12.9 Å². The van der Waals surface area contributed by atoms with E-state index in [0.29, 0.717) is 22.8 Å². The Labute approximate surface area is 216 Å². The Balaban J connectivity index is 1.32. The summed E-state index contributed by atoms with van der Waals surface area (Å²) in [6, 6.07) is 31.3. The first-order chi connectivity index (χ1) is 17.6. The highest BCUT2D eigenvalue weighted by Gasteiger charge is 2.30. The van der Waals surface area contributed by atoms with Crippen LogP contribution in [0.4, 0.5) is 10.5 Å². The molecule has 0 saturated carbocycles. The fraction of sp³-hybridized carbons (Fsp3) is 0.161. The van der Waals surface area contributed by atoms with Crippen molar-refractivity contribution in [2.24, 2.45) is 0 Å². The predicted octanol–water partition coefficient (Wildman–Crippen LogP) is 7.54.